The molecule has 0 N–H and O–H groups in total. The van der Waals surface area contributed by atoms with Gasteiger partial charge in [0.15, 0.2) is 0 Å². The Bertz CT molecular complexity index is 631. The highest BCUT2D eigenvalue weighted by Crippen LogP contribution is 2.35. The van der Waals surface area contributed by atoms with Crippen molar-refractivity contribution in [3.8, 4) is 5.69 Å². The molecule has 2 aromatic rings. The number of rotatable bonds is 4. The molecule has 1 aliphatic carbocycles. The van der Waals surface area contributed by atoms with Crippen LogP contribution in [0.4, 0.5) is 0 Å². The van der Waals surface area contributed by atoms with Crippen LogP contribution < -0.4 is 0 Å². The lowest BCUT2D eigenvalue weighted by Gasteiger charge is -2.29. The second-order valence-corrected chi connectivity index (χ2v) is 6.63. The molecule has 4 rings (SSSR count). The summed E-state index contributed by atoms with van der Waals surface area (Å²) >= 11 is 0. The molecule has 0 radical (unpaired) electrons. The first-order chi connectivity index (χ1) is 11.4. The fourth-order valence-corrected chi connectivity index (χ4v) is 3.90. The number of ether oxygens (including phenoxy) is 1. The van der Waals surface area contributed by atoms with Crippen LogP contribution in [0.15, 0.2) is 36.5 Å². The van der Waals surface area contributed by atoms with E-state index in [-0.39, 0.29) is 0 Å². The van der Waals surface area contributed by atoms with E-state index in [1.807, 2.05) is 0 Å². The van der Waals surface area contributed by atoms with Gasteiger partial charge in [0.25, 0.3) is 0 Å². The molecule has 1 atom stereocenters. The standard InChI is InChI=1S/C19H25N3O/c1-2-6-17(7-3-1)22-19-8-4-5-16(18(19)15-20-22)9-10-21-11-13-23-14-12-21/h1-3,6-7,15-16H,4-5,8-14H2/t16-/m0/s1. The summed E-state index contributed by atoms with van der Waals surface area (Å²) in [6.07, 6.45) is 7.09. The summed E-state index contributed by atoms with van der Waals surface area (Å²) in [6.45, 7) is 5.14. The van der Waals surface area contributed by atoms with E-state index in [0.29, 0.717) is 5.92 Å². The van der Waals surface area contributed by atoms with Gasteiger partial charge in [0.2, 0.25) is 0 Å². The first-order valence-corrected chi connectivity index (χ1v) is 8.84. The van der Waals surface area contributed by atoms with E-state index in [2.05, 4.69) is 46.1 Å². The fraction of sp³-hybridized carbons (Fsp3) is 0.526. The quantitative estimate of drug-likeness (QED) is 0.869. The van der Waals surface area contributed by atoms with Crippen LogP contribution in [0.5, 0.6) is 0 Å². The highest BCUT2D eigenvalue weighted by molar-refractivity contribution is 5.37. The van der Waals surface area contributed by atoms with Crippen LogP contribution in [0.25, 0.3) is 5.69 Å². The topological polar surface area (TPSA) is 30.3 Å². The van der Waals surface area contributed by atoms with E-state index in [1.165, 1.54) is 42.8 Å². The van der Waals surface area contributed by atoms with E-state index in [1.54, 1.807) is 0 Å². The van der Waals surface area contributed by atoms with Crippen molar-refractivity contribution in [1.29, 1.82) is 0 Å². The summed E-state index contributed by atoms with van der Waals surface area (Å²) in [5, 5.41) is 4.70. The average molecular weight is 311 g/mol. The van der Waals surface area contributed by atoms with E-state index in [9.17, 15) is 0 Å². The first-order valence-electron chi connectivity index (χ1n) is 8.84. The molecule has 1 fully saturated rings. The van der Waals surface area contributed by atoms with Gasteiger partial charge >= 0.3 is 0 Å². The third-order valence-electron chi connectivity index (χ3n) is 5.21. The highest BCUT2D eigenvalue weighted by Gasteiger charge is 2.25. The Balaban J connectivity index is 1.49. The number of morpholine rings is 1. The van der Waals surface area contributed by atoms with Crippen molar-refractivity contribution in [2.45, 2.75) is 31.6 Å². The molecule has 1 aromatic carbocycles. The lowest BCUT2D eigenvalue weighted by Crippen LogP contribution is -2.37. The molecule has 2 aliphatic rings. The van der Waals surface area contributed by atoms with Crippen LogP contribution in [0, 0.1) is 0 Å². The van der Waals surface area contributed by atoms with Crippen molar-refractivity contribution in [2.24, 2.45) is 0 Å². The molecule has 4 nitrogen and oxygen atoms in total. The highest BCUT2D eigenvalue weighted by atomic mass is 16.5. The molecular formula is C19H25N3O. The number of hydrogen-bond acceptors (Lipinski definition) is 3. The molecule has 0 bridgehead atoms. The molecular weight excluding hydrogens is 286 g/mol. The summed E-state index contributed by atoms with van der Waals surface area (Å²) < 4.78 is 7.59. The van der Waals surface area contributed by atoms with Gasteiger partial charge in [-0.1, -0.05) is 18.2 Å². The van der Waals surface area contributed by atoms with Crippen molar-refractivity contribution in [2.75, 3.05) is 32.8 Å². The Hall–Kier alpha value is -1.65. The molecule has 1 saturated heterocycles. The van der Waals surface area contributed by atoms with E-state index in [0.717, 1.165) is 32.7 Å². The molecule has 0 unspecified atom stereocenters. The summed E-state index contributed by atoms with van der Waals surface area (Å²) in [6, 6.07) is 10.5. The van der Waals surface area contributed by atoms with Crippen molar-refractivity contribution in [3.05, 3.63) is 47.8 Å². The Morgan fingerprint density at radius 1 is 1.13 bits per heavy atom. The van der Waals surface area contributed by atoms with E-state index < -0.39 is 0 Å². The molecule has 4 heteroatoms. The molecule has 122 valence electrons. The minimum Gasteiger partial charge on any atom is -0.379 e. The number of aromatic nitrogens is 2. The second kappa shape index (κ2) is 6.85. The maximum Gasteiger partial charge on any atom is 0.0648 e. The van der Waals surface area contributed by atoms with Gasteiger partial charge in [-0.15, -0.1) is 0 Å². The van der Waals surface area contributed by atoms with Crippen molar-refractivity contribution in [1.82, 2.24) is 14.7 Å². The van der Waals surface area contributed by atoms with Crippen LogP contribution in [0.3, 0.4) is 0 Å². The Labute approximate surface area is 138 Å². The number of nitrogens with zero attached hydrogens (tertiary/aromatic N) is 3. The number of fused-ring (bicyclic) bond motifs is 1. The largest absolute Gasteiger partial charge is 0.379 e. The van der Waals surface area contributed by atoms with Crippen LogP contribution >= 0.6 is 0 Å². The zero-order chi connectivity index (χ0) is 15.5. The first kappa shape index (κ1) is 14.9. The van der Waals surface area contributed by atoms with Crippen LogP contribution in [0.1, 0.15) is 36.4 Å². The Kier molecular flexibility index (Phi) is 4.44. The summed E-state index contributed by atoms with van der Waals surface area (Å²) in [5.41, 5.74) is 4.09. The Morgan fingerprint density at radius 2 is 1.96 bits per heavy atom. The lowest BCUT2D eigenvalue weighted by atomic mass is 9.84. The lowest BCUT2D eigenvalue weighted by molar-refractivity contribution is 0.0363. The van der Waals surface area contributed by atoms with Gasteiger partial charge in [0.05, 0.1) is 25.1 Å². The van der Waals surface area contributed by atoms with Crippen LogP contribution in [-0.2, 0) is 11.2 Å². The monoisotopic (exact) mass is 311 g/mol. The zero-order valence-electron chi connectivity index (χ0n) is 13.7. The molecule has 0 amide bonds. The number of benzene rings is 1. The molecule has 0 spiro atoms. The Morgan fingerprint density at radius 3 is 2.78 bits per heavy atom. The van der Waals surface area contributed by atoms with Crippen molar-refractivity contribution >= 4 is 0 Å². The SMILES string of the molecule is c1ccc(-n2ncc3c2CCC[C@H]3CCN2CCOCC2)cc1. The normalized spacial score (nSPS) is 22.0. The third kappa shape index (κ3) is 3.19. The van der Waals surface area contributed by atoms with E-state index >= 15 is 0 Å². The minimum absolute atomic E-state index is 0.666. The molecule has 1 aliphatic heterocycles. The van der Waals surface area contributed by atoms with Gasteiger partial charge in [-0.2, -0.15) is 5.10 Å². The smallest absolute Gasteiger partial charge is 0.0648 e. The molecule has 0 saturated carbocycles. The minimum atomic E-state index is 0.666. The van der Waals surface area contributed by atoms with Gasteiger partial charge in [-0.05, 0) is 55.8 Å². The van der Waals surface area contributed by atoms with E-state index in [4.69, 9.17) is 9.84 Å². The van der Waals surface area contributed by atoms with Crippen molar-refractivity contribution < 1.29 is 4.74 Å². The van der Waals surface area contributed by atoms with Gasteiger partial charge in [0, 0.05) is 18.8 Å². The predicted molar refractivity (Wildman–Crippen MR) is 91.1 cm³/mol. The summed E-state index contributed by atoms with van der Waals surface area (Å²) in [5.74, 6) is 0.666. The van der Waals surface area contributed by atoms with Gasteiger partial charge in [-0.3, -0.25) is 4.90 Å². The van der Waals surface area contributed by atoms with Gasteiger partial charge in [0.1, 0.15) is 0 Å². The summed E-state index contributed by atoms with van der Waals surface area (Å²) in [7, 11) is 0. The maximum atomic E-state index is 5.45. The molecule has 1 aromatic heterocycles. The fourth-order valence-electron chi connectivity index (χ4n) is 3.90. The number of hydrogen-bond donors (Lipinski definition) is 0. The molecule has 23 heavy (non-hydrogen) atoms. The second-order valence-electron chi connectivity index (χ2n) is 6.63. The van der Waals surface area contributed by atoms with Gasteiger partial charge < -0.3 is 4.74 Å². The van der Waals surface area contributed by atoms with Crippen LogP contribution in [0.2, 0.25) is 0 Å². The predicted octanol–water partition coefficient (Wildman–Crippen LogP) is 3.01. The third-order valence-corrected chi connectivity index (χ3v) is 5.21. The zero-order valence-corrected chi connectivity index (χ0v) is 13.7. The maximum absolute atomic E-state index is 5.45. The summed E-state index contributed by atoms with van der Waals surface area (Å²) in [4.78, 5) is 2.54. The molecule has 2 heterocycles. The average Bonchev–Trinajstić information content (AvgIpc) is 3.06. The number of para-hydroxylation sites is 1. The van der Waals surface area contributed by atoms with Gasteiger partial charge in [-0.25, -0.2) is 4.68 Å². The van der Waals surface area contributed by atoms with Crippen molar-refractivity contribution in [3.63, 3.8) is 0 Å². The van der Waals surface area contributed by atoms with Crippen LogP contribution in [-0.4, -0.2) is 47.5 Å².